The summed E-state index contributed by atoms with van der Waals surface area (Å²) in [6.07, 6.45) is 16.1. The van der Waals surface area contributed by atoms with Crippen LogP contribution in [0.1, 0.15) is 132 Å². The van der Waals surface area contributed by atoms with Crippen molar-refractivity contribution in [1.29, 1.82) is 0 Å². The van der Waals surface area contributed by atoms with E-state index in [1.807, 2.05) is 0 Å². The molecule has 2 unspecified atom stereocenters. The van der Waals surface area contributed by atoms with Crippen molar-refractivity contribution in [3.05, 3.63) is 22.3 Å². The van der Waals surface area contributed by atoms with Crippen LogP contribution >= 0.6 is 0 Å². The summed E-state index contributed by atoms with van der Waals surface area (Å²) in [6, 6.07) is 1.44. The van der Waals surface area contributed by atoms with Gasteiger partial charge in [-0.2, -0.15) is 0 Å². The highest BCUT2D eigenvalue weighted by Gasteiger charge is 2.32. The maximum Gasteiger partial charge on any atom is 0.0860 e. The van der Waals surface area contributed by atoms with Crippen LogP contribution < -0.4 is 0 Å². The van der Waals surface area contributed by atoms with Gasteiger partial charge in [-0.15, -0.1) is 0 Å². The molecule has 0 fully saturated rings. The van der Waals surface area contributed by atoms with Crippen LogP contribution in [0.25, 0.3) is 0 Å². The first-order chi connectivity index (χ1) is 16.5. The molecule has 2 aliphatic carbocycles. The first kappa shape index (κ1) is 31.6. The summed E-state index contributed by atoms with van der Waals surface area (Å²) in [6.45, 7) is 22.3. The minimum Gasteiger partial charge on any atom is -0.326 e. The predicted molar refractivity (Wildman–Crippen MR) is 161 cm³/mol. The molecule has 0 heterocycles. The Kier molecular flexibility index (Phi) is 11.0. The Bertz CT molecular complexity index is 711. The van der Waals surface area contributed by atoms with Gasteiger partial charge in [-0.25, -0.2) is 0 Å². The molecule has 0 saturated carbocycles. The van der Waals surface area contributed by atoms with Gasteiger partial charge in [0.05, 0.1) is 53.4 Å². The van der Waals surface area contributed by atoms with E-state index in [-0.39, 0.29) is 0 Å². The van der Waals surface area contributed by atoms with Gasteiger partial charge in [0.25, 0.3) is 0 Å². The Balaban J connectivity index is 1.79. The number of quaternary nitrogens is 2. The van der Waals surface area contributed by atoms with Gasteiger partial charge in [0.2, 0.25) is 0 Å². The monoisotopic (exact) mass is 503 g/mol. The molecule has 2 nitrogen and oxygen atoms in total. The van der Waals surface area contributed by atoms with Crippen molar-refractivity contribution in [2.75, 3.05) is 41.3 Å². The van der Waals surface area contributed by atoms with Crippen molar-refractivity contribution in [2.45, 2.75) is 145 Å². The van der Waals surface area contributed by atoms with Crippen molar-refractivity contribution in [3.63, 3.8) is 0 Å². The van der Waals surface area contributed by atoms with Crippen LogP contribution in [0.3, 0.4) is 0 Å². The minimum atomic E-state index is 0.418. The van der Waals surface area contributed by atoms with Gasteiger partial charge < -0.3 is 8.97 Å². The lowest BCUT2D eigenvalue weighted by molar-refractivity contribution is -0.919. The Morgan fingerprint density at radius 1 is 0.639 bits per heavy atom. The lowest BCUT2D eigenvalue weighted by Gasteiger charge is -2.40. The zero-order chi connectivity index (χ0) is 27.4. The topological polar surface area (TPSA) is 0 Å². The maximum absolute atomic E-state index is 2.50. The van der Waals surface area contributed by atoms with Crippen LogP contribution in [-0.2, 0) is 0 Å². The summed E-state index contributed by atoms with van der Waals surface area (Å²) in [4.78, 5) is 0. The van der Waals surface area contributed by atoms with Gasteiger partial charge in [0.1, 0.15) is 0 Å². The average Bonchev–Trinajstić information content (AvgIpc) is 2.74. The van der Waals surface area contributed by atoms with Gasteiger partial charge in [0, 0.05) is 25.7 Å². The summed E-state index contributed by atoms with van der Waals surface area (Å²) in [7, 11) is 9.90. The second kappa shape index (κ2) is 12.5. The number of rotatable bonds is 13. The van der Waals surface area contributed by atoms with Crippen molar-refractivity contribution in [3.8, 4) is 0 Å². The molecule has 2 aliphatic rings. The molecule has 0 spiro atoms. The van der Waals surface area contributed by atoms with Gasteiger partial charge in [-0.3, -0.25) is 0 Å². The molecule has 0 aromatic carbocycles. The third-order valence-electron chi connectivity index (χ3n) is 11.1. The highest BCUT2D eigenvalue weighted by atomic mass is 15.3. The normalized spacial score (nSPS) is 22.7. The third-order valence-corrected chi connectivity index (χ3v) is 11.1. The van der Waals surface area contributed by atoms with Crippen molar-refractivity contribution >= 4 is 0 Å². The molecule has 0 radical (unpaired) electrons. The van der Waals surface area contributed by atoms with Crippen LogP contribution in [0.5, 0.6) is 0 Å². The first-order valence-corrected chi connectivity index (χ1v) is 15.5. The molecular weight excluding hydrogens is 436 g/mol. The van der Waals surface area contributed by atoms with Crippen LogP contribution in [0.4, 0.5) is 0 Å². The van der Waals surface area contributed by atoms with E-state index in [9.17, 15) is 0 Å². The Labute approximate surface area is 227 Å². The molecular formula is C34H66N2+2. The number of hydrogen-bond acceptors (Lipinski definition) is 0. The SMILES string of the molecule is CC1=C(CCC(C)[N+](C)(C)CCCC[N+](C)(C)C(C)CCC2=C(C)CCCC2(C)C)C(C)(C)CCC1. The first-order valence-electron chi connectivity index (χ1n) is 15.5. The third kappa shape index (κ3) is 8.45. The highest BCUT2D eigenvalue weighted by Crippen LogP contribution is 2.43. The van der Waals surface area contributed by atoms with E-state index in [1.165, 1.54) is 90.1 Å². The number of allylic oxidation sites excluding steroid dienone is 4. The molecule has 2 atom stereocenters. The molecule has 0 aromatic rings. The lowest BCUT2D eigenvalue weighted by atomic mass is 9.71. The molecule has 0 amide bonds. The zero-order valence-corrected chi connectivity index (χ0v) is 26.9. The van der Waals surface area contributed by atoms with Crippen LogP contribution in [0.15, 0.2) is 22.3 Å². The summed E-state index contributed by atoms with van der Waals surface area (Å²) in [5, 5.41) is 0. The van der Waals surface area contributed by atoms with Crippen LogP contribution in [0.2, 0.25) is 0 Å². The molecule has 210 valence electrons. The Hall–Kier alpha value is -0.600. The molecule has 0 saturated heterocycles. The Morgan fingerprint density at radius 2 is 0.972 bits per heavy atom. The van der Waals surface area contributed by atoms with Gasteiger partial charge in [0.15, 0.2) is 0 Å². The number of nitrogens with zero attached hydrogens (tertiary/aromatic N) is 2. The van der Waals surface area contributed by atoms with Gasteiger partial charge >= 0.3 is 0 Å². The van der Waals surface area contributed by atoms with Crippen LogP contribution in [0, 0.1) is 10.8 Å². The number of unbranched alkanes of at least 4 members (excludes halogenated alkanes) is 1. The van der Waals surface area contributed by atoms with Crippen molar-refractivity contribution < 1.29 is 8.97 Å². The van der Waals surface area contributed by atoms with E-state index >= 15 is 0 Å². The standard InChI is InChI=1S/C34H66N2/c1-27-17-15-23-33(5,6)31(27)21-19-29(3)35(9,10)25-13-14-26-36(11,12)30(4)20-22-32-28(2)18-16-24-34(32,7)8/h29-30H,13-26H2,1-12H3/q+2. The fraction of sp³-hybridized carbons (Fsp3) is 0.882. The molecule has 2 rings (SSSR count). The Morgan fingerprint density at radius 3 is 1.28 bits per heavy atom. The van der Waals surface area contributed by atoms with Crippen molar-refractivity contribution in [2.24, 2.45) is 10.8 Å². The second-order valence-electron chi connectivity index (χ2n) is 15.5. The predicted octanol–water partition coefficient (Wildman–Crippen LogP) is 9.31. The molecule has 0 N–H and O–H groups in total. The van der Waals surface area contributed by atoms with E-state index in [4.69, 9.17) is 0 Å². The fourth-order valence-corrected chi connectivity index (χ4v) is 7.34. The van der Waals surface area contributed by atoms with E-state index < -0.39 is 0 Å². The quantitative estimate of drug-likeness (QED) is 0.134. The smallest absolute Gasteiger partial charge is 0.0860 e. The highest BCUT2D eigenvalue weighted by molar-refractivity contribution is 5.23. The van der Waals surface area contributed by atoms with Crippen molar-refractivity contribution in [1.82, 2.24) is 0 Å². The molecule has 0 bridgehead atoms. The van der Waals surface area contributed by atoms with E-state index in [0.29, 0.717) is 10.8 Å². The summed E-state index contributed by atoms with van der Waals surface area (Å²) >= 11 is 0. The van der Waals surface area contributed by atoms with E-state index in [1.54, 1.807) is 22.3 Å². The molecule has 36 heavy (non-hydrogen) atoms. The number of hydrogen-bond donors (Lipinski definition) is 0. The summed E-state index contributed by atoms with van der Waals surface area (Å²) < 4.78 is 2.33. The molecule has 2 heteroatoms. The average molecular weight is 503 g/mol. The largest absolute Gasteiger partial charge is 0.326 e. The molecule has 0 aromatic heterocycles. The summed E-state index contributed by atoms with van der Waals surface area (Å²) in [5.41, 5.74) is 7.77. The summed E-state index contributed by atoms with van der Waals surface area (Å²) in [5.74, 6) is 0. The second-order valence-corrected chi connectivity index (χ2v) is 15.5. The lowest BCUT2D eigenvalue weighted by Crippen LogP contribution is -2.50. The van der Waals surface area contributed by atoms with E-state index in [2.05, 4.69) is 83.6 Å². The van der Waals surface area contributed by atoms with E-state index in [0.717, 1.165) is 21.0 Å². The fourth-order valence-electron chi connectivity index (χ4n) is 7.34. The van der Waals surface area contributed by atoms with Gasteiger partial charge in [-0.1, -0.05) is 50.0 Å². The van der Waals surface area contributed by atoms with Gasteiger partial charge in [-0.05, 0) is 89.9 Å². The van der Waals surface area contributed by atoms with Crippen LogP contribution in [-0.4, -0.2) is 62.3 Å². The minimum absolute atomic E-state index is 0.418. The maximum atomic E-state index is 2.50. The molecule has 0 aliphatic heterocycles. The zero-order valence-electron chi connectivity index (χ0n) is 26.9.